The molecule has 7 nitrogen and oxygen atoms in total. The molecule has 0 unspecified atom stereocenters. The molecule has 1 aromatic heterocycles. The van der Waals surface area contributed by atoms with Crippen LogP contribution in [0.2, 0.25) is 5.15 Å². The molecule has 1 aliphatic rings. The predicted octanol–water partition coefficient (Wildman–Crippen LogP) is 2.42. The third-order valence-corrected chi connectivity index (χ3v) is 3.97. The summed E-state index contributed by atoms with van der Waals surface area (Å²) in [6.45, 7) is -0.511. The maximum Gasteiger partial charge on any atom is 0.341 e. The lowest BCUT2D eigenvalue weighted by atomic mass is 10.1. The van der Waals surface area contributed by atoms with E-state index in [9.17, 15) is 14.4 Å². The number of amides is 2. The smallest absolute Gasteiger partial charge is 0.341 e. The summed E-state index contributed by atoms with van der Waals surface area (Å²) in [5, 5.41) is 5.45. The highest BCUT2D eigenvalue weighted by Gasteiger charge is 2.25. The Balaban J connectivity index is 1.59. The molecule has 1 saturated carbocycles. The number of carbonyl (C=O) groups is 3. The third-order valence-electron chi connectivity index (χ3n) is 3.67. The molecule has 3 rings (SSSR count). The average molecular weight is 374 g/mol. The van der Waals surface area contributed by atoms with Gasteiger partial charge in [-0.1, -0.05) is 23.7 Å². The van der Waals surface area contributed by atoms with Crippen molar-refractivity contribution in [3.05, 3.63) is 58.9 Å². The Hall–Kier alpha value is -2.93. The number of hydrogen-bond donors (Lipinski definition) is 2. The first kappa shape index (κ1) is 17.9. The Morgan fingerprint density at radius 1 is 1.12 bits per heavy atom. The topological polar surface area (TPSA) is 97.4 Å². The zero-order chi connectivity index (χ0) is 18.5. The number of pyridine rings is 1. The second kappa shape index (κ2) is 7.97. The van der Waals surface area contributed by atoms with Crippen LogP contribution in [0.4, 0.5) is 5.69 Å². The normalized spacial score (nSPS) is 13.0. The van der Waals surface area contributed by atoms with Gasteiger partial charge in [-0.2, -0.15) is 0 Å². The number of halogens is 1. The van der Waals surface area contributed by atoms with Gasteiger partial charge in [0.25, 0.3) is 11.8 Å². The van der Waals surface area contributed by atoms with Gasteiger partial charge in [0.15, 0.2) is 6.61 Å². The van der Waals surface area contributed by atoms with Crippen molar-refractivity contribution >= 4 is 35.1 Å². The van der Waals surface area contributed by atoms with Gasteiger partial charge in [0.05, 0.1) is 16.8 Å². The SMILES string of the molecule is O=C(COC(=O)c1cccnc1Cl)Nc1ccccc1C(=O)NC1CC1. The van der Waals surface area contributed by atoms with Gasteiger partial charge in [0.2, 0.25) is 0 Å². The molecule has 0 spiro atoms. The van der Waals surface area contributed by atoms with Crippen molar-refractivity contribution in [2.45, 2.75) is 18.9 Å². The van der Waals surface area contributed by atoms with Crippen LogP contribution in [0.1, 0.15) is 33.6 Å². The fourth-order valence-electron chi connectivity index (χ4n) is 2.21. The molecule has 1 heterocycles. The largest absolute Gasteiger partial charge is 0.452 e. The predicted molar refractivity (Wildman–Crippen MR) is 95.1 cm³/mol. The first-order valence-corrected chi connectivity index (χ1v) is 8.40. The summed E-state index contributed by atoms with van der Waals surface area (Å²) < 4.78 is 4.94. The van der Waals surface area contributed by atoms with Gasteiger partial charge < -0.3 is 15.4 Å². The van der Waals surface area contributed by atoms with Crippen LogP contribution >= 0.6 is 11.6 Å². The Labute approximate surface area is 154 Å². The summed E-state index contributed by atoms with van der Waals surface area (Å²) >= 11 is 5.81. The number of nitrogens with one attached hydrogen (secondary N) is 2. The van der Waals surface area contributed by atoms with Crippen molar-refractivity contribution in [2.75, 3.05) is 11.9 Å². The molecule has 1 aliphatic carbocycles. The molecule has 2 aromatic rings. The number of hydrogen-bond acceptors (Lipinski definition) is 5. The monoisotopic (exact) mass is 373 g/mol. The van der Waals surface area contributed by atoms with Crippen molar-refractivity contribution in [3.63, 3.8) is 0 Å². The van der Waals surface area contributed by atoms with Crippen molar-refractivity contribution in [1.29, 1.82) is 0 Å². The summed E-state index contributed by atoms with van der Waals surface area (Å²) in [5.74, 6) is -1.56. The zero-order valence-corrected chi connectivity index (χ0v) is 14.5. The standard InChI is InChI=1S/C18H16ClN3O4/c19-16-13(5-3-9-20-16)18(25)26-10-15(23)22-14-6-2-1-4-12(14)17(24)21-11-7-8-11/h1-6,9,11H,7-8,10H2,(H,21,24)(H,22,23). The number of ether oxygens (including phenoxy) is 1. The molecule has 2 amide bonds. The number of benzene rings is 1. The van der Waals surface area contributed by atoms with Crippen LogP contribution in [0, 0.1) is 0 Å². The van der Waals surface area contributed by atoms with Gasteiger partial charge in [-0.05, 0) is 37.1 Å². The quantitative estimate of drug-likeness (QED) is 0.598. The highest BCUT2D eigenvalue weighted by atomic mass is 35.5. The highest BCUT2D eigenvalue weighted by Crippen LogP contribution is 2.21. The maximum absolute atomic E-state index is 12.2. The Morgan fingerprint density at radius 3 is 2.58 bits per heavy atom. The van der Waals surface area contributed by atoms with E-state index in [1.54, 1.807) is 24.3 Å². The maximum atomic E-state index is 12.2. The lowest BCUT2D eigenvalue weighted by molar-refractivity contribution is -0.119. The fourth-order valence-corrected chi connectivity index (χ4v) is 2.41. The van der Waals surface area contributed by atoms with Crippen molar-refractivity contribution in [1.82, 2.24) is 10.3 Å². The van der Waals surface area contributed by atoms with Crippen molar-refractivity contribution < 1.29 is 19.1 Å². The van der Waals surface area contributed by atoms with Crippen LogP contribution in [0.25, 0.3) is 0 Å². The van der Waals surface area contributed by atoms with E-state index in [-0.39, 0.29) is 22.7 Å². The third kappa shape index (κ3) is 4.58. The summed E-state index contributed by atoms with van der Waals surface area (Å²) in [7, 11) is 0. The van der Waals surface area contributed by atoms with Gasteiger partial charge in [-0.25, -0.2) is 9.78 Å². The van der Waals surface area contributed by atoms with Crippen LogP contribution in [0.5, 0.6) is 0 Å². The van der Waals surface area contributed by atoms with E-state index >= 15 is 0 Å². The lowest BCUT2D eigenvalue weighted by Gasteiger charge is -2.11. The van der Waals surface area contributed by atoms with Crippen LogP contribution in [-0.2, 0) is 9.53 Å². The molecule has 2 N–H and O–H groups in total. The average Bonchev–Trinajstić information content (AvgIpc) is 3.44. The lowest BCUT2D eigenvalue weighted by Crippen LogP contribution is -2.28. The molecule has 0 saturated heterocycles. The number of aromatic nitrogens is 1. The van der Waals surface area contributed by atoms with Gasteiger partial charge in [0.1, 0.15) is 5.15 Å². The van der Waals surface area contributed by atoms with Crippen LogP contribution in [0.15, 0.2) is 42.6 Å². The molecule has 0 aliphatic heterocycles. The first-order chi connectivity index (χ1) is 12.5. The number of rotatable bonds is 6. The van der Waals surface area contributed by atoms with Crippen LogP contribution < -0.4 is 10.6 Å². The molecule has 1 fully saturated rings. The minimum atomic E-state index is -0.752. The van der Waals surface area contributed by atoms with E-state index in [1.165, 1.54) is 18.3 Å². The van der Waals surface area contributed by atoms with E-state index < -0.39 is 18.5 Å². The minimum Gasteiger partial charge on any atom is -0.452 e. The summed E-state index contributed by atoms with van der Waals surface area (Å²) in [6, 6.07) is 9.84. The molecule has 0 atom stereocenters. The van der Waals surface area contributed by atoms with Gasteiger partial charge in [0, 0.05) is 12.2 Å². The molecule has 26 heavy (non-hydrogen) atoms. The molecule has 134 valence electrons. The van der Waals surface area contributed by atoms with Crippen molar-refractivity contribution in [2.24, 2.45) is 0 Å². The first-order valence-electron chi connectivity index (χ1n) is 8.02. The van der Waals surface area contributed by atoms with Crippen LogP contribution in [0.3, 0.4) is 0 Å². The summed E-state index contributed by atoms with van der Waals surface area (Å²) in [4.78, 5) is 40.0. The number of para-hydroxylation sites is 1. The number of anilines is 1. The highest BCUT2D eigenvalue weighted by molar-refractivity contribution is 6.32. The minimum absolute atomic E-state index is 0.000000775. The van der Waals surface area contributed by atoms with E-state index in [4.69, 9.17) is 16.3 Å². The Kier molecular flexibility index (Phi) is 5.48. The zero-order valence-electron chi connectivity index (χ0n) is 13.7. The van der Waals surface area contributed by atoms with E-state index in [0.29, 0.717) is 11.3 Å². The molecule has 0 bridgehead atoms. The number of carbonyl (C=O) groups excluding carboxylic acids is 3. The Bertz CT molecular complexity index is 852. The van der Waals surface area contributed by atoms with Gasteiger partial charge in [-0.3, -0.25) is 9.59 Å². The number of nitrogens with zero attached hydrogens (tertiary/aromatic N) is 1. The second-order valence-corrected chi connectivity index (χ2v) is 6.12. The molecule has 1 aromatic carbocycles. The van der Waals surface area contributed by atoms with Crippen LogP contribution in [-0.4, -0.2) is 35.4 Å². The van der Waals surface area contributed by atoms with Gasteiger partial charge >= 0.3 is 5.97 Å². The van der Waals surface area contributed by atoms with E-state index in [0.717, 1.165) is 12.8 Å². The summed E-state index contributed by atoms with van der Waals surface area (Å²) in [5.41, 5.74) is 0.784. The van der Waals surface area contributed by atoms with E-state index in [1.807, 2.05) is 0 Å². The number of esters is 1. The molecule has 8 heteroatoms. The van der Waals surface area contributed by atoms with E-state index in [2.05, 4.69) is 15.6 Å². The summed E-state index contributed by atoms with van der Waals surface area (Å²) in [6.07, 6.45) is 3.37. The molecular formula is C18H16ClN3O4. The van der Waals surface area contributed by atoms with Crippen molar-refractivity contribution in [3.8, 4) is 0 Å². The second-order valence-electron chi connectivity index (χ2n) is 5.76. The molecular weight excluding hydrogens is 358 g/mol. The Morgan fingerprint density at radius 2 is 1.85 bits per heavy atom. The fraction of sp³-hybridized carbons (Fsp3) is 0.222. The van der Waals surface area contributed by atoms with Gasteiger partial charge in [-0.15, -0.1) is 0 Å². The molecule has 0 radical (unpaired) electrons.